The van der Waals surface area contributed by atoms with Crippen molar-refractivity contribution in [1.29, 1.82) is 0 Å². The molecule has 3 nitrogen and oxygen atoms in total. The fourth-order valence-electron chi connectivity index (χ4n) is 1.57. The molecule has 0 unspecified atom stereocenters. The number of hydrogen-bond donors (Lipinski definition) is 1. The molecule has 0 saturated carbocycles. The molecule has 1 N–H and O–H groups in total. The summed E-state index contributed by atoms with van der Waals surface area (Å²) in [7, 11) is 0. The van der Waals surface area contributed by atoms with Gasteiger partial charge < -0.3 is 5.11 Å². The molecule has 1 heterocycles. The lowest BCUT2D eigenvalue weighted by molar-refractivity contribution is -0.141. The molecule has 0 bridgehead atoms. The normalized spacial score (nSPS) is 11.8. The lowest BCUT2D eigenvalue weighted by atomic mass is 10.1. The molecule has 0 amide bonds. The molecule has 7 heteroatoms. The highest BCUT2D eigenvalue weighted by molar-refractivity contribution is 9.10. The van der Waals surface area contributed by atoms with Gasteiger partial charge in [0.1, 0.15) is 5.56 Å². The van der Waals surface area contributed by atoms with Crippen LogP contribution < -0.4 is 0 Å². The van der Waals surface area contributed by atoms with Crippen LogP contribution in [-0.2, 0) is 6.18 Å². The van der Waals surface area contributed by atoms with Gasteiger partial charge in [0.15, 0.2) is 5.69 Å². The van der Waals surface area contributed by atoms with Crippen molar-refractivity contribution in [1.82, 2.24) is 4.98 Å². The summed E-state index contributed by atoms with van der Waals surface area (Å²) in [5.74, 6) is -1.67. The summed E-state index contributed by atoms with van der Waals surface area (Å²) in [6, 6.07) is 6.01. The van der Waals surface area contributed by atoms with Crippen LogP contribution in [0.1, 0.15) is 16.1 Å². The Morgan fingerprint density at radius 1 is 1.28 bits per heavy atom. The van der Waals surface area contributed by atoms with Crippen LogP contribution in [0, 0.1) is 0 Å². The number of aromatic nitrogens is 1. The first-order valence-corrected chi connectivity index (χ1v) is 5.50. The topological polar surface area (TPSA) is 50.2 Å². The molecule has 0 aliphatic carbocycles. The molecule has 2 rings (SSSR count). The smallest absolute Gasteiger partial charge is 0.434 e. The van der Waals surface area contributed by atoms with Crippen molar-refractivity contribution in [3.8, 4) is 0 Å². The number of pyridine rings is 1. The number of para-hydroxylation sites is 1. The van der Waals surface area contributed by atoms with Crippen LogP contribution in [0.15, 0.2) is 28.7 Å². The lowest BCUT2D eigenvalue weighted by Crippen LogP contribution is -2.16. The molecule has 0 aliphatic heterocycles. The third-order valence-electron chi connectivity index (χ3n) is 2.31. The highest BCUT2D eigenvalue weighted by atomic mass is 79.9. The SMILES string of the molecule is O=C(O)c1c(C(F)(F)F)nc2ccccc2c1Br. The first-order chi connectivity index (χ1) is 8.32. The van der Waals surface area contributed by atoms with Crippen molar-refractivity contribution in [2.24, 2.45) is 0 Å². The summed E-state index contributed by atoms with van der Waals surface area (Å²) in [4.78, 5) is 14.4. The first kappa shape index (κ1) is 12.8. The molecule has 2 aromatic rings. The minimum absolute atomic E-state index is 0.0849. The number of fused-ring (bicyclic) bond motifs is 1. The Balaban J connectivity index is 2.93. The zero-order valence-electron chi connectivity index (χ0n) is 8.62. The van der Waals surface area contributed by atoms with Gasteiger partial charge in [0, 0.05) is 9.86 Å². The molecule has 0 radical (unpaired) electrons. The maximum absolute atomic E-state index is 12.8. The Bertz CT molecular complexity index is 640. The van der Waals surface area contributed by atoms with E-state index in [0.717, 1.165) is 0 Å². The second-order valence-electron chi connectivity index (χ2n) is 3.47. The molecular weight excluding hydrogens is 315 g/mol. The van der Waals surface area contributed by atoms with E-state index in [1.165, 1.54) is 18.2 Å². The van der Waals surface area contributed by atoms with Gasteiger partial charge in [-0.15, -0.1) is 0 Å². The molecule has 94 valence electrons. The van der Waals surface area contributed by atoms with Gasteiger partial charge in [0.25, 0.3) is 0 Å². The van der Waals surface area contributed by atoms with E-state index < -0.39 is 23.4 Å². The number of aromatic carboxylic acids is 1. The van der Waals surface area contributed by atoms with E-state index in [9.17, 15) is 18.0 Å². The third-order valence-corrected chi connectivity index (χ3v) is 3.14. The van der Waals surface area contributed by atoms with E-state index in [2.05, 4.69) is 20.9 Å². The quantitative estimate of drug-likeness (QED) is 0.871. The molecule has 0 spiro atoms. The first-order valence-electron chi connectivity index (χ1n) is 4.71. The number of carboxylic acids is 1. The maximum Gasteiger partial charge on any atom is 0.434 e. The van der Waals surface area contributed by atoms with Crippen molar-refractivity contribution in [2.75, 3.05) is 0 Å². The fourth-order valence-corrected chi connectivity index (χ4v) is 2.26. The van der Waals surface area contributed by atoms with Crippen LogP contribution in [0.3, 0.4) is 0 Å². The molecule has 1 aromatic carbocycles. The van der Waals surface area contributed by atoms with Crippen LogP contribution in [0.25, 0.3) is 10.9 Å². The van der Waals surface area contributed by atoms with Crippen LogP contribution in [0.2, 0.25) is 0 Å². The Kier molecular flexibility index (Phi) is 3.02. The van der Waals surface area contributed by atoms with E-state index >= 15 is 0 Å². The molecule has 1 aromatic heterocycles. The predicted octanol–water partition coefficient (Wildman–Crippen LogP) is 3.71. The number of benzene rings is 1. The van der Waals surface area contributed by atoms with Crippen molar-refractivity contribution >= 4 is 32.8 Å². The second-order valence-corrected chi connectivity index (χ2v) is 4.26. The van der Waals surface area contributed by atoms with Gasteiger partial charge in [-0.1, -0.05) is 18.2 Å². The van der Waals surface area contributed by atoms with Crippen LogP contribution in [0.5, 0.6) is 0 Å². The lowest BCUT2D eigenvalue weighted by Gasteiger charge is -2.12. The summed E-state index contributed by atoms with van der Waals surface area (Å²) < 4.78 is 38.2. The van der Waals surface area contributed by atoms with E-state index in [-0.39, 0.29) is 9.99 Å². The van der Waals surface area contributed by atoms with Crippen molar-refractivity contribution in [3.05, 3.63) is 40.0 Å². The monoisotopic (exact) mass is 319 g/mol. The van der Waals surface area contributed by atoms with Crippen molar-refractivity contribution < 1.29 is 23.1 Å². The van der Waals surface area contributed by atoms with Crippen molar-refractivity contribution in [2.45, 2.75) is 6.18 Å². The Morgan fingerprint density at radius 2 is 1.89 bits per heavy atom. The minimum Gasteiger partial charge on any atom is -0.478 e. The molecular formula is C11H5BrF3NO2. The minimum atomic E-state index is -4.82. The Morgan fingerprint density at radius 3 is 2.44 bits per heavy atom. The maximum atomic E-state index is 12.8. The van der Waals surface area contributed by atoms with Gasteiger partial charge in [-0.3, -0.25) is 0 Å². The summed E-state index contributed by atoms with van der Waals surface area (Å²) in [6.07, 6.45) is -4.82. The predicted molar refractivity (Wildman–Crippen MR) is 61.4 cm³/mol. The summed E-state index contributed by atoms with van der Waals surface area (Å²) >= 11 is 2.90. The third kappa shape index (κ3) is 2.05. The van der Waals surface area contributed by atoms with E-state index in [0.29, 0.717) is 5.39 Å². The molecule has 0 atom stereocenters. The van der Waals surface area contributed by atoms with Crippen molar-refractivity contribution in [3.63, 3.8) is 0 Å². The van der Waals surface area contributed by atoms with Gasteiger partial charge in [0.05, 0.1) is 5.52 Å². The number of nitrogens with zero attached hydrogens (tertiary/aromatic N) is 1. The van der Waals surface area contributed by atoms with Gasteiger partial charge in [-0.2, -0.15) is 13.2 Å². The molecule has 18 heavy (non-hydrogen) atoms. The zero-order valence-corrected chi connectivity index (χ0v) is 10.2. The number of hydrogen-bond acceptors (Lipinski definition) is 2. The van der Waals surface area contributed by atoms with Crippen LogP contribution >= 0.6 is 15.9 Å². The van der Waals surface area contributed by atoms with E-state index in [1.54, 1.807) is 6.07 Å². The largest absolute Gasteiger partial charge is 0.478 e. The molecule has 0 aliphatic rings. The van der Waals surface area contributed by atoms with E-state index in [1.807, 2.05) is 0 Å². The number of alkyl halides is 3. The average Bonchev–Trinajstić information content (AvgIpc) is 2.27. The molecule has 0 fully saturated rings. The average molecular weight is 320 g/mol. The summed E-state index contributed by atoms with van der Waals surface area (Å²) in [6.45, 7) is 0. The molecule has 0 saturated heterocycles. The van der Waals surface area contributed by atoms with Crippen LogP contribution in [0.4, 0.5) is 13.2 Å². The fraction of sp³-hybridized carbons (Fsp3) is 0.0909. The van der Waals surface area contributed by atoms with Gasteiger partial charge in [-0.25, -0.2) is 9.78 Å². The number of carboxylic acid groups (broad SMARTS) is 1. The van der Waals surface area contributed by atoms with Crippen LogP contribution in [-0.4, -0.2) is 16.1 Å². The standard InChI is InChI=1S/C11H5BrF3NO2/c12-8-5-3-1-2-4-6(5)16-9(11(13,14)15)7(8)10(17)18/h1-4H,(H,17,18). The Labute approximate surface area is 107 Å². The van der Waals surface area contributed by atoms with Gasteiger partial charge in [0.2, 0.25) is 0 Å². The number of carbonyl (C=O) groups is 1. The van der Waals surface area contributed by atoms with Gasteiger partial charge >= 0.3 is 12.1 Å². The summed E-state index contributed by atoms with van der Waals surface area (Å²) in [5, 5.41) is 9.22. The second kappa shape index (κ2) is 4.24. The highest BCUT2D eigenvalue weighted by Crippen LogP contribution is 2.37. The highest BCUT2D eigenvalue weighted by Gasteiger charge is 2.39. The van der Waals surface area contributed by atoms with Gasteiger partial charge in [-0.05, 0) is 22.0 Å². The number of halogens is 4. The summed E-state index contributed by atoms with van der Waals surface area (Å²) in [5.41, 5.74) is -2.19. The van der Waals surface area contributed by atoms with E-state index in [4.69, 9.17) is 5.11 Å². The Hall–Kier alpha value is -1.63. The number of rotatable bonds is 1. The zero-order chi connectivity index (χ0) is 13.5.